The summed E-state index contributed by atoms with van der Waals surface area (Å²) >= 11 is 6.38. The fourth-order valence-corrected chi connectivity index (χ4v) is 3.06. The number of nitrogens with zero attached hydrogens (tertiary/aromatic N) is 1. The summed E-state index contributed by atoms with van der Waals surface area (Å²) < 4.78 is 0. The predicted molar refractivity (Wildman–Crippen MR) is 96.8 cm³/mol. The van der Waals surface area contributed by atoms with Crippen LogP contribution in [-0.2, 0) is 4.79 Å². The maximum absolute atomic E-state index is 12.4. The van der Waals surface area contributed by atoms with E-state index in [-0.39, 0.29) is 22.4 Å². The highest BCUT2D eigenvalue weighted by atomic mass is 35.5. The highest BCUT2D eigenvalue weighted by Crippen LogP contribution is 2.38. The van der Waals surface area contributed by atoms with Gasteiger partial charge in [-0.25, -0.2) is 4.79 Å². The molecule has 0 saturated heterocycles. The fraction of sp³-hybridized carbons (Fsp3) is 0.263. The van der Waals surface area contributed by atoms with Gasteiger partial charge in [0.1, 0.15) is 0 Å². The van der Waals surface area contributed by atoms with Gasteiger partial charge in [0.05, 0.1) is 10.6 Å². The molecular formula is C19H20ClNO3. The molecule has 0 fully saturated rings. The monoisotopic (exact) mass is 345 g/mol. The molecule has 0 aliphatic rings. The van der Waals surface area contributed by atoms with Crippen molar-refractivity contribution in [2.75, 3.05) is 11.9 Å². The van der Waals surface area contributed by atoms with Gasteiger partial charge in [-0.15, -0.1) is 0 Å². The average Bonchev–Trinajstić information content (AvgIpc) is 2.54. The Morgan fingerprint density at radius 3 is 2.25 bits per heavy atom. The minimum Gasteiger partial charge on any atom is -0.478 e. The Bertz CT molecular complexity index is 785. The minimum atomic E-state index is -1.11. The molecule has 1 amide bonds. The Hall–Kier alpha value is -2.33. The first kappa shape index (κ1) is 18.0. The molecule has 2 rings (SSSR count). The van der Waals surface area contributed by atoms with Crippen molar-refractivity contribution < 1.29 is 14.7 Å². The van der Waals surface area contributed by atoms with Crippen molar-refractivity contribution in [1.29, 1.82) is 0 Å². The third-order valence-corrected chi connectivity index (χ3v) is 4.37. The van der Waals surface area contributed by atoms with Crippen LogP contribution in [-0.4, -0.2) is 24.0 Å². The Kier molecular flexibility index (Phi) is 5.30. The van der Waals surface area contributed by atoms with E-state index in [0.29, 0.717) is 16.8 Å². The maximum Gasteiger partial charge on any atom is 0.337 e. The quantitative estimate of drug-likeness (QED) is 0.878. The van der Waals surface area contributed by atoms with Crippen LogP contribution in [0.3, 0.4) is 0 Å². The second-order valence-electron chi connectivity index (χ2n) is 5.98. The van der Waals surface area contributed by atoms with E-state index in [2.05, 4.69) is 0 Å². The summed E-state index contributed by atoms with van der Waals surface area (Å²) in [5, 5.41) is 9.76. The van der Waals surface area contributed by atoms with Gasteiger partial charge in [-0.2, -0.15) is 0 Å². The van der Waals surface area contributed by atoms with E-state index in [1.807, 2.05) is 30.3 Å². The summed E-state index contributed by atoms with van der Waals surface area (Å²) in [5.74, 6) is -1.39. The van der Waals surface area contributed by atoms with Gasteiger partial charge in [0.15, 0.2) is 0 Å². The number of carboxylic acids is 1. The van der Waals surface area contributed by atoms with E-state index in [4.69, 9.17) is 11.6 Å². The summed E-state index contributed by atoms with van der Waals surface area (Å²) in [4.78, 5) is 25.6. The van der Waals surface area contributed by atoms with Crippen LogP contribution in [0.4, 0.5) is 5.69 Å². The number of rotatable bonds is 4. The average molecular weight is 346 g/mol. The van der Waals surface area contributed by atoms with Crippen molar-refractivity contribution in [2.45, 2.75) is 20.8 Å². The van der Waals surface area contributed by atoms with E-state index in [9.17, 15) is 14.7 Å². The number of carboxylic acid groups (broad SMARTS) is 1. The molecule has 5 heteroatoms. The number of aromatic carboxylic acids is 1. The predicted octanol–water partition coefficient (Wildman–Crippen LogP) is 4.63. The fourth-order valence-electron chi connectivity index (χ4n) is 2.67. The smallest absolute Gasteiger partial charge is 0.337 e. The molecule has 1 N–H and O–H groups in total. The molecule has 4 nitrogen and oxygen atoms in total. The van der Waals surface area contributed by atoms with Crippen LogP contribution in [0.15, 0.2) is 36.4 Å². The van der Waals surface area contributed by atoms with Crippen LogP contribution in [0, 0.1) is 12.8 Å². The number of hydrogen-bond donors (Lipinski definition) is 1. The number of amides is 1. The van der Waals surface area contributed by atoms with Crippen LogP contribution >= 0.6 is 11.6 Å². The number of carbonyl (C=O) groups is 2. The summed E-state index contributed by atoms with van der Waals surface area (Å²) in [7, 11) is 1.65. The van der Waals surface area contributed by atoms with Gasteiger partial charge in [0.2, 0.25) is 5.91 Å². The summed E-state index contributed by atoms with van der Waals surface area (Å²) in [5.41, 5.74) is 2.45. The third kappa shape index (κ3) is 3.29. The van der Waals surface area contributed by atoms with Crippen LogP contribution in [0.1, 0.15) is 29.8 Å². The highest BCUT2D eigenvalue weighted by Gasteiger charge is 2.24. The van der Waals surface area contributed by atoms with E-state index in [1.54, 1.807) is 33.9 Å². The molecule has 24 heavy (non-hydrogen) atoms. The molecule has 0 aliphatic carbocycles. The van der Waals surface area contributed by atoms with Crippen LogP contribution in [0.2, 0.25) is 5.02 Å². The zero-order valence-corrected chi connectivity index (χ0v) is 14.9. The molecule has 126 valence electrons. The molecule has 0 unspecified atom stereocenters. The molecule has 0 aromatic heterocycles. The van der Waals surface area contributed by atoms with Crippen LogP contribution in [0.5, 0.6) is 0 Å². The zero-order valence-electron chi connectivity index (χ0n) is 14.1. The second kappa shape index (κ2) is 7.05. The Balaban J connectivity index is 2.75. The van der Waals surface area contributed by atoms with Gasteiger partial charge in [-0.3, -0.25) is 4.79 Å². The number of benzene rings is 2. The molecule has 0 bridgehead atoms. The first-order valence-electron chi connectivity index (χ1n) is 7.65. The maximum atomic E-state index is 12.4. The molecule has 0 spiro atoms. The molecule has 2 aromatic rings. The molecule has 0 atom stereocenters. The normalized spacial score (nSPS) is 10.8. The van der Waals surface area contributed by atoms with Crippen LogP contribution in [0.25, 0.3) is 11.1 Å². The first-order valence-corrected chi connectivity index (χ1v) is 8.02. The number of anilines is 1. The Morgan fingerprint density at radius 1 is 1.17 bits per heavy atom. The van der Waals surface area contributed by atoms with Crippen molar-refractivity contribution in [1.82, 2.24) is 0 Å². The van der Waals surface area contributed by atoms with Gasteiger partial charge < -0.3 is 10.0 Å². The van der Waals surface area contributed by atoms with Crippen LogP contribution < -0.4 is 4.90 Å². The third-order valence-electron chi connectivity index (χ3n) is 3.98. The van der Waals surface area contributed by atoms with E-state index in [0.717, 1.165) is 5.56 Å². The van der Waals surface area contributed by atoms with E-state index >= 15 is 0 Å². The lowest BCUT2D eigenvalue weighted by Crippen LogP contribution is -2.31. The van der Waals surface area contributed by atoms with Gasteiger partial charge in [0, 0.05) is 24.2 Å². The standard InChI is InChI=1S/C19H20ClNO3/c1-11(2)18(22)21(4)15-10-14(13-8-6-5-7-9-13)17(20)16(12(15)3)19(23)24/h5-11H,1-4H3,(H,23,24). The van der Waals surface area contributed by atoms with Gasteiger partial charge in [-0.05, 0) is 24.1 Å². The highest BCUT2D eigenvalue weighted by molar-refractivity contribution is 6.36. The molecule has 0 radical (unpaired) electrons. The van der Waals surface area contributed by atoms with Crippen molar-refractivity contribution in [3.8, 4) is 11.1 Å². The molecule has 0 aliphatic heterocycles. The largest absolute Gasteiger partial charge is 0.478 e. The lowest BCUT2D eigenvalue weighted by atomic mass is 9.96. The second-order valence-corrected chi connectivity index (χ2v) is 6.36. The lowest BCUT2D eigenvalue weighted by Gasteiger charge is -2.24. The first-order chi connectivity index (χ1) is 11.3. The molecule has 0 saturated carbocycles. The molecule has 2 aromatic carbocycles. The van der Waals surface area contributed by atoms with Crippen molar-refractivity contribution >= 4 is 29.2 Å². The topological polar surface area (TPSA) is 57.6 Å². The Labute approximate surface area is 146 Å². The zero-order chi connectivity index (χ0) is 18.0. The van der Waals surface area contributed by atoms with Crippen molar-refractivity contribution in [2.24, 2.45) is 5.92 Å². The van der Waals surface area contributed by atoms with E-state index < -0.39 is 5.97 Å². The summed E-state index contributed by atoms with van der Waals surface area (Å²) in [6.07, 6.45) is 0. The minimum absolute atomic E-state index is 0.0245. The SMILES string of the molecule is Cc1c(N(C)C(=O)C(C)C)cc(-c2ccccc2)c(Cl)c1C(=O)O. The Morgan fingerprint density at radius 2 is 1.75 bits per heavy atom. The molecular weight excluding hydrogens is 326 g/mol. The van der Waals surface area contributed by atoms with Crippen molar-refractivity contribution in [3.63, 3.8) is 0 Å². The lowest BCUT2D eigenvalue weighted by molar-refractivity contribution is -0.121. The summed E-state index contributed by atoms with van der Waals surface area (Å²) in [6, 6.07) is 11.1. The number of halogens is 1. The van der Waals surface area contributed by atoms with Gasteiger partial charge in [0.25, 0.3) is 0 Å². The summed E-state index contributed by atoms with van der Waals surface area (Å²) in [6.45, 7) is 5.28. The van der Waals surface area contributed by atoms with Gasteiger partial charge >= 0.3 is 5.97 Å². The van der Waals surface area contributed by atoms with E-state index in [1.165, 1.54) is 4.90 Å². The van der Waals surface area contributed by atoms with Gasteiger partial charge in [-0.1, -0.05) is 55.8 Å². The molecule has 0 heterocycles. The van der Waals surface area contributed by atoms with Crippen molar-refractivity contribution in [3.05, 3.63) is 52.5 Å². The number of carbonyl (C=O) groups excluding carboxylic acids is 1. The number of hydrogen-bond acceptors (Lipinski definition) is 2.